The van der Waals surface area contributed by atoms with Gasteiger partial charge in [-0.1, -0.05) is 11.6 Å². The SMILES string of the molecule is Cc1nc2cnc3cc(F)c(-c4ccc(Oc5ncccn5)cc4Cl)cc3c2n1[C@H]1CCN(C(=O)CCC(=O)O)C[C@@H]1F. The van der Waals surface area contributed by atoms with Crippen LogP contribution in [0.3, 0.4) is 0 Å². The minimum Gasteiger partial charge on any atom is -0.481 e. The standard InChI is InChI=1S/C30H25ClF2N6O4/c1-16-37-25-14-36-24-13-22(32)19(18-4-3-17(11-21(18)31)43-30-34-8-2-9-35-30)12-20(24)29(25)39(16)26-7-10-38(15-23(26)33)27(40)5-6-28(41)42/h2-4,8-9,11-14,23,26H,5-7,10,15H2,1H3,(H,41,42)/t23-,26-/m0/s1. The van der Waals surface area contributed by atoms with Gasteiger partial charge in [-0.2, -0.15) is 0 Å². The smallest absolute Gasteiger partial charge is 0.321 e. The fourth-order valence-corrected chi connectivity index (χ4v) is 5.80. The molecular weight excluding hydrogens is 582 g/mol. The van der Waals surface area contributed by atoms with E-state index < -0.39 is 29.9 Å². The molecule has 1 aliphatic heterocycles. The molecule has 1 saturated heterocycles. The summed E-state index contributed by atoms with van der Waals surface area (Å²) in [5.74, 6) is -1.09. The Balaban J connectivity index is 1.36. The lowest BCUT2D eigenvalue weighted by molar-refractivity contribution is -0.141. The second-order valence-electron chi connectivity index (χ2n) is 10.3. The predicted molar refractivity (Wildman–Crippen MR) is 154 cm³/mol. The molecule has 3 aromatic heterocycles. The van der Waals surface area contributed by atoms with Gasteiger partial charge in [0.2, 0.25) is 5.91 Å². The molecular formula is C30H25ClF2N6O4. The van der Waals surface area contributed by atoms with Crippen LogP contribution >= 0.6 is 11.6 Å². The largest absolute Gasteiger partial charge is 0.481 e. The van der Waals surface area contributed by atoms with Gasteiger partial charge in [-0.25, -0.2) is 23.7 Å². The molecule has 0 spiro atoms. The maximum atomic E-state index is 15.7. The van der Waals surface area contributed by atoms with Gasteiger partial charge in [-0.15, -0.1) is 0 Å². The minimum atomic E-state index is -1.43. The zero-order chi connectivity index (χ0) is 30.2. The maximum absolute atomic E-state index is 15.7. The number of nitrogens with zero attached hydrogens (tertiary/aromatic N) is 6. The number of fused-ring (bicyclic) bond motifs is 3. The molecule has 1 N–H and O–H groups in total. The first kappa shape index (κ1) is 28.4. The maximum Gasteiger partial charge on any atom is 0.321 e. The topological polar surface area (TPSA) is 123 Å². The van der Waals surface area contributed by atoms with Crippen LogP contribution in [0.4, 0.5) is 8.78 Å². The van der Waals surface area contributed by atoms with E-state index in [1.165, 1.54) is 17.2 Å². The Hall–Kier alpha value is -4.71. The molecule has 1 aliphatic rings. The number of carboxylic acids is 1. The monoisotopic (exact) mass is 606 g/mol. The first-order valence-electron chi connectivity index (χ1n) is 13.5. The summed E-state index contributed by atoms with van der Waals surface area (Å²) in [6.45, 7) is 1.87. The number of amides is 1. The molecule has 1 fully saturated rings. The first-order valence-corrected chi connectivity index (χ1v) is 13.9. The van der Waals surface area contributed by atoms with Crippen LogP contribution in [0.5, 0.6) is 11.8 Å². The molecule has 220 valence electrons. The number of likely N-dealkylation sites (tertiary alicyclic amines) is 1. The number of hydrogen-bond acceptors (Lipinski definition) is 7. The third-order valence-electron chi connectivity index (χ3n) is 7.51. The van der Waals surface area contributed by atoms with E-state index in [2.05, 4.69) is 19.9 Å². The summed E-state index contributed by atoms with van der Waals surface area (Å²) in [5.41, 5.74) is 2.12. The molecule has 1 amide bonds. The molecule has 0 saturated carbocycles. The number of rotatable bonds is 7. The van der Waals surface area contributed by atoms with Crippen LogP contribution in [0, 0.1) is 12.7 Å². The summed E-state index contributed by atoms with van der Waals surface area (Å²) in [5, 5.41) is 9.69. The van der Waals surface area contributed by atoms with Crippen LogP contribution < -0.4 is 4.74 Å². The average molecular weight is 607 g/mol. The van der Waals surface area contributed by atoms with Crippen LogP contribution in [0.1, 0.15) is 31.1 Å². The van der Waals surface area contributed by atoms with Crippen molar-refractivity contribution in [1.82, 2.24) is 29.4 Å². The van der Waals surface area contributed by atoms with Gasteiger partial charge < -0.3 is 19.3 Å². The van der Waals surface area contributed by atoms with Crippen molar-refractivity contribution in [2.45, 2.75) is 38.4 Å². The number of aromatic nitrogens is 5. The molecule has 4 heterocycles. The Kier molecular flexibility index (Phi) is 7.61. The highest BCUT2D eigenvalue weighted by atomic mass is 35.5. The molecule has 10 nitrogen and oxygen atoms in total. The predicted octanol–water partition coefficient (Wildman–Crippen LogP) is 5.91. The average Bonchev–Trinajstić information content (AvgIpc) is 3.32. The molecule has 13 heteroatoms. The lowest BCUT2D eigenvalue weighted by atomic mass is 9.99. The van der Waals surface area contributed by atoms with E-state index in [4.69, 9.17) is 21.4 Å². The van der Waals surface area contributed by atoms with Crippen molar-refractivity contribution in [3.8, 4) is 22.9 Å². The Morgan fingerprint density at radius 3 is 2.60 bits per heavy atom. The number of piperidine rings is 1. The number of carbonyl (C=O) groups excluding carboxylic acids is 1. The number of carboxylic acid groups (broad SMARTS) is 1. The summed E-state index contributed by atoms with van der Waals surface area (Å²) in [7, 11) is 0. The molecule has 5 aromatic rings. The Bertz CT molecular complexity index is 1870. The Morgan fingerprint density at radius 1 is 1.09 bits per heavy atom. The van der Waals surface area contributed by atoms with Crippen LogP contribution in [-0.2, 0) is 9.59 Å². The molecule has 0 unspecified atom stereocenters. The van der Waals surface area contributed by atoms with E-state index in [1.807, 2.05) is 0 Å². The zero-order valence-electron chi connectivity index (χ0n) is 22.9. The highest BCUT2D eigenvalue weighted by molar-refractivity contribution is 6.33. The summed E-state index contributed by atoms with van der Waals surface area (Å²) in [6.07, 6.45) is 2.99. The van der Waals surface area contributed by atoms with Gasteiger partial charge >= 0.3 is 12.0 Å². The van der Waals surface area contributed by atoms with E-state index in [-0.39, 0.29) is 42.5 Å². The van der Waals surface area contributed by atoms with Crippen LogP contribution in [-0.4, -0.2) is 65.6 Å². The highest BCUT2D eigenvalue weighted by Gasteiger charge is 2.34. The number of alkyl halides is 1. The molecule has 2 aromatic carbocycles. The van der Waals surface area contributed by atoms with Crippen molar-refractivity contribution in [2.24, 2.45) is 0 Å². The third kappa shape index (κ3) is 5.57. The van der Waals surface area contributed by atoms with E-state index in [9.17, 15) is 9.59 Å². The third-order valence-corrected chi connectivity index (χ3v) is 7.82. The van der Waals surface area contributed by atoms with Gasteiger partial charge in [-0.05, 0) is 37.6 Å². The fourth-order valence-electron chi connectivity index (χ4n) is 5.53. The van der Waals surface area contributed by atoms with Crippen molar-refractivity contribution in [3.05, 3.63) is 71.7 Å². The summed E-state index contributed by atoms with van der Waals surface area (Å²) < 4.78 is 38.6. The number of hydrogen-bond donors (Lipinski definition) is 1. The van der Waals surface area contributed by atoms with Crippen LogP contribution in [0.25, 0.3) is 33.1 Å². The lowest BCUT2D eigenvalue weighted by Crippen LogP contribution is -2.45. The number of benzene rings is 2. The van der Waals surface area contributed by atoms with Crippen molar-refractivity contribution in [2.75, 3.05) is 13.1 Å². The van der Waals surface area contributed by atoms with Gasteiger partial charge in [-0.3, -0.25) is 14.6 Å². The normalized spacial score (nSPS) is 17.0. The number of aliphatic carboxylic acids is 1. The molecule has 2 atom stereocenters. The van der Waals surface area contributed by atoms with Crippen LogP contribution in [0.2, 0.25) is 5.02 Å². The number of carbonyl (C=O) groups is 2. The molecule has 43 heavy (non-hydrogen) atoms. The fraction of sp³-hybridized carbons (Fsp3) is 0.267. The molecule has 0 aliphatic carbocycles. The number of halogens is 3. The number of pyridine rings is 1. The molecule has 0 radical (unpaired) electrons. The Morgan fingerprint density at radius 2 is 1.88 bits per heavy atom. The van der Waals surface area contributed by atoms with Gasteiger partial charge in [0.25, 0.3) is 0 Å². The quantitative estimate of drug-likeness (QED) is 0.242. The van der Waals surface area contributed by atoms with Gasteiger partial charge in [0, 0.05) is 54.0 Å². The summed E-state index contributed by atoms with van der Waals surface area (Å²) in [6, 6.07) is 8.92. The van der Waals surface area contributed by atoms with E-state index in [0.29, 0.717) is 45.5 Å². The second kappa shape index (κ2) is 11.5. The lowest BCUT2D eigenvalue weighted by Gasteiger charge is -2.36. The Labute approximate surface area is 248 Å². The zero-order valence-corrected chi connectivity index (χ0v) is 23.6. The van der Waals surface area contributed by atoms with E-state index in [0.717, 1.165) is 0 Å². The number of imidazole rings is 1. The van der Waals surface area contributed by atoms with Crippen LogP contribution in [0.15, 0.2) is 55.0 Å². The summed E-state index contributed by atoms with van der Waals surface area (Å²) in [4.78, 5) is 41.7. The number of ether oxygens (including phenoxy) is 1. The van der Waals surface area contributed by atoms with Crippen molar-refractivity contribution < 1.29 is 28.2 Å². The minimum absolute atomic E-state index is 0.141. The van der Waals surface area contributed by atoms with E-state index >= 15 is 8.78 Å². The van der Waals surface area contributed by atoms with Crippen molar-refractivity contribution in [1.29, 1.82) is 0 Å². The van der Waals surface area contributed by atoms with Crippen molar-refractivity contribution in [3.63, 3.8) is 0 Å². The molecule has 0 bridgehead atoms. The first-order chi connectivity index (χ1) is 20.7. The van der Waals surface area contributed by atoms with E-state index in [1.54, 1.807) is 54.2 Å². The van der Waals surface area contributed by atoms with Gasteiger partial charge in [0.1, 0.15) is 29.1 Å². The van der Waals surface area contributed by atoms with Gasteiger partial charge in [0.05, 0.1) is 41.3 Å². The van der Waals surface area contributed by atoms with Gasteiger partial charge in [0.15, 0.2) is 0 Å². The summed E-state index contributed by atoms with van der Waals surface area (Å²) >= 11 is 6.59. The molecule has 6 rings (SSSR count). The van der Waals surface area contributed by atoms with Crippen molar-refractivity contribution >= 4 is 45.4 Å². The number of aryl methyl sites for hydroxylation is 1. The highest BCUT2D eigenvalue weighted by Crippen LogP contribution is 2.39. The second-order valence-corrected chi connectivity index (χ2v) is 10.7.